The smallest absolute Gasteiger partial charge is 0.0616 e. The fraction of sp³-hybridized carbons (Fsp3) is 0. The number of nitrogens with one attached hydrogen (secondary N) is 1. The van der Waals surface area contributed by atoms with Gasteiger partial charge in [0, 0.05) is 32.7 Å². The van der Waals surface area contributed by atoms with Gasteiger partial charge in [0.05, 0.1) is 5.82 Å². The molecule has 0 unspecified atom stereocenters. The molecule has 0 saturated carbocycles. The van der Waals surface area contributed by atoms with Crippen molar-refractivity contribution in [2.24, 2.45) is 5.84 Å². The molecule has 1 radical (unpaired) electrons. The minimum atomic E-state index is 0. The number of hydrazine groups is 1. The first-order valence-electron chi connectivity index (χ1n) is 2.43. The van der Waals surface area contributed by atoms with Crippen molar-refractivity contribution in [1.29, 1.82) is 0 Å². The van der Waals surface area contributed by atoms with Gasteiger partial charge in [0.1, 0.15) is 0 Å². The molecule has 0 aromatic carbocycles. The van der Waals surface area contributed by atoms with Gasteiger partial charge in [-0.1, -0.05) is 11.9 Å². The zero-order valence-electron chi connectivity index (χ0n) is 5.33. The number of aromatic nitrogens is 1. The van der Waals surface area contributed by atoms with Crippen LogP contribution in [0, 0.1) is 6.07 Å². The largest absolute Gasteiger partial charge is 0.399 e. The van der Waals surface area contributed by atoms with Crippen molar-refractivity contribution < 1.29 is 32.7 Å². The van der Waals surface area contributed by atoms with Gasteiger partial charge in [0.2, 0.25) is 0 Å². The van der Waals surface area contributed by atoms with Crippen LogP contribution < -0.4 is 17.0 Å². The van der Waals surface area contributed by atoms with Crippen molar-refractivity contribution in [3.05, 3.63) is 18.3 Å². The average Bonchev–Trinajstić information content (AvgIpc) is 1.89. The van der Waals surface area contributed by atoms with Crippen molar-refractivity contribution in [2.75, 3.05) is 11.2 Å². The Morgan fingerprint density at radius 2 is 2.30 bits per heavy atom. The molecule has 0 atom stereocenters. The van der Waals surface area contributed by atoms with Crippen molar-refractivity contribution in [3.63, 3.8) is 0 Å². The molecule has 0 saturated heterocycles. The molecule has 1 rings (SSSR count). The molecule has 0 spiro atoms. The molecule has 0 fully saturated rings. The normalized spacial score (nSPS) is 8.10. The summed E-state index contributed by atoms with van der Waals surface area (Å²) in [7, 11) is 0. The van der Waals surface area contributed by atoms with Crippen molar-refractivity contribution >= 4 is 11.5 Å². The predicted octanol–water partition coefficient (Wildman–Crippen LogP) is -0.253. The van der Waals surface area contributed by atoms with E-state index in [4.69, 9.17) is 11.6 Å². The van der Waals surface area contributed by atoms with Crippen LogP contribution >= 0.6 is 0 Å². The number of anilines is 2. The number of rotatable bonds is 1. The van der Waals surface area contributed by atoms with Crippen molar-refractivity contribution in [2.45, 2.75) is 0 Å². The standard InChI is InChI=1S/C5H7N4.Y/c6-5-4(9-7)2-1-3-8-5;/h2-3,9H,7H2,(H2,6,8);/q-1;. The average molecular weight is 212 g/mol. The van der Waals surface area contributed by atoms with Gasteiger partial charge in [0.25, 0.3) is 0 Å². The van der Waals surface area contributed by atoms with E-state index in [-0.39, 0.29) is 32.7 Å². The molecule has 5 N–H and O–H groups in total. The summed E-state index contributed by atoms with van der Waals surface area (Å²) in [4.78, 5) is 3.73. The number of pyridine rings is 1. The number of nitrogens with zero attached hydrogens (tertiary/aromatic N) is 1. The topological polar surface area (TPSA) is 77.0 Å². The third kappa shape index (κ3) is 2.21. The van der Waals surface area contributed by atoms with E-state index < -0.39 is 0 Å². The molecule has 1 aromatic rings. The molecular formula is C5H7N4Y-. The Morgan fingerprint density at radius 1 is 1.60 bits per heavy atom. The molecule has 1 aromatic heterocycles. The molecule has 5 heteroatoms. The molecule has 0 aliphatic carbocycles. The van der Waals surface area contributed by atoms with Gasteiger partial charge >= 0.3 is 0 Å². The van der Waals surface area contributed by atoms with Gasteiger partial charge in [-0.2, -0.15) is 0 Å². The van der Waals surface area contributed by atoms with E-state index in [1.54, 1.807) is 6.07 Å². The van der Waals surface area contributed by atoms with Crippen LogP contribution in [0.5, 0.6) is 0 Å². The number of hydrogen-bond donors (Lipinski definition) is 3. The van der Waals surface area contributed by atoms with Gasteiger partial charge in [-0.3, -0.25) is 10.8 Å². The van der Waals surface area contributed by atoms with E-state index in [0.29, 0.717) is 11.5 Å². The molecule has 1 heterocycles. The van der Waals surface area contributed by atoms with E-state index in [1.165, 1.54) is 6.20 Å². The molecule has 4 nitrogen and oxygen atoms in total. The first-order chi connectivity index (χ1) is 4.34. The molecule has 51 valence electrons. The monoisotopic (exact) mass is 212 g/mol. The Bertz CT molecular complexity index is 203. The summed E-state index contributed by atoms with van der Waals surface area (Å²) in [5.74, 6) is 5.45. The zero-order chi connectivity index (χ0) is 6.69. The van der Waals surface area contributed by atoms with Crippen LogP contribution in [0.3, 0.4) is 0 Å². The van der Waals surface area contributed by atoms with Crippen LogP contribution in [-0.4, -0.2) is 4.98 Å². The SMILES string of the molecule is NNc1c[c-]cnc1N.[Y]. The third-order valence-electron chi connectivity index (χ3n) is 0.937. The third-order valence-corrected chi connectivity index (χ3v) is 0.937. The molecular weight excluding hydrogens is 205 g/mol. The van der Waals surface area contributed by atoms with E-state index in [1.807, 2.05) is 0 Å². The summed E-state index contributed by atoms with van der Waals surface area (Å²) in [5.41, 5.74) is 8.33. The molecule has 0 aliphatic heterocycles. The van der Waals surface area contributed by atoms with Crippen molar-refractivity contribution in [1.82, 2.24) is 4.98 Å². The van der Waals surface area contributed by atoms with Crippen molar-refractivity contribution in [3.8, 4) is 0 Å². The summed E-state index contributed by atoms with van der Waals surface area (Å²) in [6.07, 6.45) is 1.48. The van der Waals surface area contributed by atoms with E-state index in [0.717, 1.165) is 0 Å². The summed E-state index contributed by atoms with van der Waals surface area (Å²) < 4.78 is 0. The van der Waals surface area contributed by atoms with Gasteiger partial charge < -0.3 is 11.2 Å². The Balaban J connectivity index is 0.000000810. The van der Waals surface area contributed by atoms with Crippen LogP contribution in [0.25, 0.3) is 0 Å². The fourth-order valence-electron chi connectivity index (χ4n) is 0.487. The summed E-state index contributed by atoms with van der Waals surface area (Å²) in [6.45, 7) is 0. The van der Waals surface area contributed by atoms with Crippen LogP contribution in [-0.2, 0) is 32.7 Å². The van der Waals surface area contributed by atoms with E-state index >= 15 is 0 Å². The maximum absolute atomic E-state index is 5.36. The van der Waals surface area contributed by atoms with Gasteiger partial charge in [-0.05, 0) is 0 Å². The first-order valence-corrected chi connectivity index (χ1v) is 2.43. The van der Waals surface area contributed by atoms with Crippen LogP contribution in [0.2, 0.25) is 0 Å². The van der Waals surface area contributed by atoms with Crippen LogP contribution in [0.1, 0.15) is 0 Å². The molecule has 0 aliphatic rings. The number of hydrogen-bond acceptors (Lipinski definition) is 4. The van der Waals surface area contributed by atoms with E-state index in [9.17, 15) is 0 Å². The zero-order valence-corrected chi connectivity index (χ0v) is 8.17. The van der Waals surface area contributed by atoms with Gasteiger partial charge in [-0.25, -0.2) is 12.1 Å². The molecule has 0 amide bonds. The summed E-state index contributed by atoms with van der Waals surface area (Å²) in [6, 6.07) is 4.35. The Kier molecular flexibility index (Phi) is 4.52. The summed E-state index contributed by atoms with van der Waals surface area (Å²) in [5, 5.41) is 0. The maximum atomic E-state index is 5.36. The quantitative estimate of drug-likeness (QED) is 0.340. The second-order valence-corrected chi connectivity index (χ2v) is 1.51. The Labute approximate surface area is 84.2 Å². The minimum Gasteiger partial charge on any atom is -0.399 e. The predicted molar refractivity (Wildman–Crippen MR) is 35.3 cm³/mol. The second kappa shape index (κ2) is 4.60. The maximum Gasteiger partial charge on any atom is 0.0616 e. The second-order valence-electron chi connectivity index (χ2n) is 1.51. The number of nitrogens with two attached hydrogens (primary N) is 2. The number of nitrogen functional groups attached to an aromatic ring is 2. The molecule has 0 bridgehead atoms. The minimum absolute atomic E-state index is 0. The fourth-order valence-corrected chi connectivity index (χ4v) is 0.487. The first kappa shape index (κ1) is 9.81. The van der Waals surface area contributed by atoms with Gasteiger partial charge in [-0.15, -0.1) is 0 Å². The molecule has 10 heavy (non-hydrogen) atoms. The van der Waals surface area contributed by atoms with Gasteiger partial charge in [0.15, 0.2) is 0 Å². The van der Waals surface area contributed by atoms with E-state index in [2.05, 4.69) is 16.5 Å². The summed E-state index contributed by atoms with van der Waals surface area (Å²) >= 11 is 0. The van der Waals surface area contributed by atoms with Crippen LogP contribution in [0.15, 0.2) is 12.3 Å². The van der Waals surface area contributed by atoms with Crippen LogP contribution in [0.4, 0.5) is 11.5 Å². The Morgan fingerprint density at radius 3 is 2.70 bits per heavy atom. The Hall–Kier alpha value is -0.186.